The van der Waals surface area contributed by atoms with Gasteiger partial charge in [-0.1, -0.05) is 61.5 Å². The fourth-order valence-electron chi connectivity index (χ4n) is 3.11. The smallest absolute Gasteiger partial charge is 0.192 e. The molecule has 0 aliphatic carbocycles. The molecule has 0 saturated carbocycles. The largest absolute Gasteiger partial charge is 0.414 e. The lowest BCUT2D eigenvalue weighted by atomic mass is 9.90. The normalized spacial score (nSPS) is 18.5. The maximum Gasteiger partial charge on any atom is 0.192 e. The average Bonchev–Trinajstić information content (AvgIpc) is 2.55. The van der Waals surface area contributed by atoms with E-state index in [4.69, 9.17) is 8.85 Å². The molecular weight excluding hydrogens is 340 g/mol. The van der Waals surface area contributed by atoms with Crippen molar-refractivity contribution in [3.05, 3.63) is 12.7 Å². The summed E-state index contributed by atoms with van der Waals surface area (Å²) in [5.74, 6) is 0.690. The van der Waals surface area contributed by atoms with Crippen LogP contribution in [0.5, 0.6) is 0 Å². The zero-order valence-electron chi connectivity index (χ0n) is 19.0. The van der Waals surface area contributed by atoms with E-state index >= 15 is 0 Å². The van der Waals surface area contributed by atoms with Crippen molar-refractivity contribution in [2.24, 2.45) is 11.8 Å². The van der Waals surface area contributed by atoms with Crippen LogP contribution in [0, 0.1) is 11.8 Å². The van der Waals surface area contributed by atoms with Crippen molar-refractivity contribution in [3.63, 3.8) is 0 Å². The molecule has 4 atom stereocenters. The lowest BCUT2D eigenvalue weighted by Gasteiger charge is -2.44. The van der Waals surface area contributed by atoms with Crippen molar-refractivity contribution >= 4 is 16.6 Å². The van der Waals surface area contributed by atoms with Crippen LogP contribution in [0.15, 0.2) is 12.7 Å². The molecule has 0 unspecified atom stereocenters. The molecule has 0 saturated heterocycles. The fraction of sp³-hybridized carbons (Fsp3) is 0.905. The summed E-state index contributed by atoms with van der Waals surface area (Å²) in [6.07, 6.45) is 2.44. The molecule has 4 heteroatoms. The lowest BCUT2D eigenvalue weighted by molar-refractivity contribution is 0.0261. The minimum atomic E-state index is -1.83. The zero-order chi connectivity index (χ0) is 20.1. The zero-order valence-corrected chi connectivity index (χ0v) is 21.0. The van der Waals surface area contributed by atoms with E-state index in [1.54, 1.807) is 0 Å². The van der Waals surface area contributed by atoms with Crippen molar-refractivity contribution in [1.29, 1.82) is 0 Å². The Morgan fingerprint density at radius 3 is 1.68 bits per heavy atom. The van der Waals surface area contributed by atoms with Crippen molar-refractivity contribution < 1.29 is 8.85 Å². The van der Waals surface area contributed by atoms with Crippen molar-refractivity contribution in [2.75, 3.05) is 0 Å². The summed E-state index contributed by atoms with van der Waals surface area (Å²) in [5.41, 5.74) is 0. The van der Waals surface area contributed by atoms with E-state index in [1.165, 1.54) is 18.1 Å². The number of hydrogen-bond acceptors (Lipinski definition) is 2. The Balaban J connectivity index is 5.44. The Labute approximate surface area is 161 Å². The van der Waals surface area contributed by atoms with E-state index in [9.17, 15) is 0 Å². The van der Waals surface area contributed by atoms with Crippen molar-refractivity contribution in [1.82, 2.24) is 0 Å². The summed E-state index contributed by atoms with van der Waals surface area (Å²) >= 11 is 0. The first kappa shape index (κ1) is 25.1. The second-order valence-corrected chi connectivity index (χ2v) is 18.8. The van der Waals surface area contributed by atoms with Crippen LogP contribution in [0.3, 0.4) is 0 Å². The van der Waals surface area contributed by atoms with Crippen molar-refractivity contribution in [2.45, 2.75) is 111 Å². The highest BCUT2D eigenvalue weighted by molar-refractivity contribution is 6.74. The quantitative estimate of drug-likeness (QED) is 0.275. The van der Waals surface area contributed by atoms with Crippen LogP contribution in [0.25, 0.3) is 0 Å². The summed E-state index contributed by atoms with van der Waals surface area (Å²) in [6.45, 7) is 29.3. The molecular formula is C21H46O2Si2. The Bertz CT molecular complexity index is 389. The molecule has 0 spiro atoms. The molecule has 150 valence electrons. The summed E-state index contributed by atoms with van der Waals surface area (Å²) in [4.78, 5) is 0. The fourth-order valence-corrected chi connectivity index (χ4v) is 7.58. The first-order chi connectivity index (χ1) is 11.3. The Morgan fingerprint density at radius 1 is 0.920 bits per heavy atom. The van der Waals surface area contributed by atoms with Gasteiger partial charge < -0.3 is 8.85 Å². The van der Waals surface area contributed by atoms with Crippen molar-refractivity contribution in [3.8, 4) is 0 Å². The van der Waals surface area contributed by atoms with E-state index in [1.807, 2.05) is 6.08 Å². The maximum absolute atomic E-state index is 6.86. The van der Waals surface area contributed by atoms with E-state index < -0.39 is 16.6 Å². The molecule has 2 nitrogen and oxygen atoms in total. The molecule has 0 N–H and O–H groups in total. The minimum Gasteiger partial charge on any atom is -0.414 e. The molecule has 0 amide bonds. The molecule has 25 heavy (non-hydrogen) atoms. The molecule has 0 aromatic heterocycles. The molecule has 0 aliphatic rings. The van der Waals surface area contributed by atoms with Gasteiger partial charge in [0.1, 0.15) is 0 Å². The highest BCUT2D eigenvalue weighted by Crippen LogP contribution is 2.40. The van der Waals surface area contributed by atoms with Gasteiger partial charge in [0.25, 0.3) is 0 Å². The Morgan fingerprint density at radius 2 is 1.36 bits per heavy atom. The topological polar surface area (TPSA) is 18.5 Å². The lowest BCUT2D eigenvalue weighted by Crippen LogP contribution is -2.50. The summed E-state index contributed by atoms with van der Waals surface area (Å²) in [7, 11) is -3.43. The highest BCUT2D eigenvalue weighted by atomic mass is 28.4. The molecule has 0 fully saturated rings. The third-order valence-corrected chi connectivity index (χ3v) is 16.0. The predicted molar refractivity (Wildman–Crippen MR) is 118 cm³/mol. The first-order valence-electron chi connectivity index (χ1n) is 10.3. The van der Waals surface area contributed by atoms with Gasteiger partial charge in [-0.05, 0) is 49.1 Å². The minimum absolute atomic E-state index is 0.172. The predicted octanol–water partition coefficient (Wildman–Crippen LogP) is 7.25. The van der Waals surface area contributed by atoms with Crippen LogP contribution < -0.4 is 0 Å². The van der Waals surface area contributed by atoms with Gasteiger partial charge in [-0.3, -0.25) is 0 Å². The third kappa shape index (κ3) is 6.64. The van der Waals surface area contributed by atoms with Crippen LogP contribution in [0.2, 0.25) is 36.3 Å². The van der Waals surface area contributed by atoms with Gasteiger partial charge in [-0.15, -0.1) is 6.58 Å². The Hall–Kier alpha value is 0.0938. The van der Waals surface area contributed by atoms with Gasteiger partial charge in [0, 0.05) is 12.0 Å². The van der Waals surface area contributed by atoms with E-state index in [-0.39, 0.29) is 17.2 Å². The molecule has 0 aromatic rings. The van der Waals surface area contributed by atoms with Gasteiger partial charge in [0.05, 0.1) is 6.10 Å². The summed E-state index contributed by atoms with van der Waals surface area (Å²) in [6, 6.07) is 3.59. The first-order valence-corrected chi connectivity index (χ1v) is 15.7. The van der Waals surface area contributed by atoms with Crippen LogP contribution >= 0.6 is 0 Å². The second-order valence-electron chi connectivity index (χ2n) is 9.36. The van der Waals surface area contributed by atoms with Gasteiger partial charge in [-0.25, -0.2) is 0 Å². The molecule has 0 heterocycles. The van der Waals surface area contributed by atoms with Crippen LogP contribution in [0.1, 0.15) is 62.3 Å². The van der Waals surface area contributed by atoms with Gasteiger partial charge >= 0.3 is 0 Å². The Kier molecular flexibility index (Phi) is 9.90. The molecule has 0 aromatic carbocycles. The maximum atomic E-state index is 6.86. The monoisotopic (exact) mass is 386 g/mol. The number of rotatable bonds is 11. The average molecular weight is 387 g/mol. The summed E-state index contributed by atoms with van der Waals surface area (Å²) in [5, 5.41) is 0.213. The van der Waals surface area contributed by atoms with Gasteiger partial charge in [0.15, 0.2) is 16.6 Å². The SMILES string of the molecule is C=C[C@H](C)[C@@H](O[Si](C)(C)C(C)(C)C)[C@@H](C)[C@H](C)O[Si](CC)(CC)CC. The highest BCUT2D eigenvalue weighted by Gasteiger charge is 2.43. The van der Waals surface area contributed by atoms with Crippen LogP contribution in [0.4, 0.5) is 0 Å². The standard InChI is InChI=1S/C21H46O2Si2/c1-13-17(5)20(23-24(11,12)21(8,9)10)18(6)19(7)22-25(14-2,15-3)16-4/h13,17-20H,1,14-16H2,2-12H3/t17-,18-,19-,20+/m0/s1. The van der Waals surface area contributed by atoms with Gasteiger partial charge in [-0.2, -0.15) is 0 Å². The van der Waals surface area contributed by atoms with E-state index in [0.717, 1.165) is 0 Å². The third-order valence-electron chi connectivity index (χ3n) is 6.75. The molecule has 0 aliphatic heterocycles. The second kappa shape index (κ2) is 9.86. The van der Waals surface area contributed by atoms with E-state index in [0.29, 0.717) is 11.8 Å². The number of hydrogen-bond donors (Lipinski definition) is 0. The summed E-state index contributed by atoms with van der Waals surface area (Å²) < 4.78 is 13.6. The van der Waals surface area contributed by atoms with Crippen LogP contribution in [-0.4, -0.2) is 28.8 Å². The molecule has 0 rings (SSSR count). The molecule has 0 bridgehead atoms. The van der Waals surface area contributed by atoms with E-state index in [2.05, 4.69) is 82.0 Å². The van der Waals surface area contributed by atoms with Gasteiger partial charge in [0.2, 0.25) is 0 Å². The van der Waals surface area contributed by atoms with Crippen LogP contribution in [-0.2, 0) is 8.85 Å². The molecule has 0 radical (unpaired) electrons.